The maximum Gasteiger partial charge on any atom is 0.320 e. The minimum absolute atomic E-state index is 0. The third-order valence-corrected chi connectivity index (χ3v) is 3.29. The molecule has 1 aromatic carbocycles. The van der Waals surface area contributed by atoms with Crippen molar-refractivity contribution in [3.63, 3.8) is 0 Å². The highest BCUT2D eigenvalue weighted by Crippen LogP contribution is 2.28. The van der Waals surface area contributed by atoms with Crippen molar-refractivity contribution in [2.45, 2.75) is 32.2 Å². The lowest BCUT2D eigenvalue weighted by atomic mass is 10.1. The molecule has 1 aromatic rings. The molecule has 0 aliphatic heterocycles. The summed E-state index contributed by atoms with van der Waals surface area (Å²) in [6.45, 7) is 2.05. The summed E-state index contributed by atoms with van der Waals surface area (Å²) in [6, 6.07) is 3.18. The van der Waals surface area contributed by atoms with Crippen LogP contribution in [0.15, 0.2) is 18.2 Å². The van der Waals surface area contributed by atoms with Crippen LogP contribution in [0.3, 0.4) is 0 Å². The first-order valence-electron chi connectivity index (χ1n) is 7.47. The van der Waals surface area contributed by atoms with Crippen molar-refractivity contribution >= 4 is 35.7 Å². The molecule has 1 amide bonds. The molecular formula is C15H22ClN3O6. The van der Waals surface area contributed by atoms with Gasteiger partial charge in [0.1, 0.15) is 11.8 Å². The molecule has 10 heteroatoms. The van der Waals surface area contributed by atoms with Gasteiger partial charge in [0.15, 0.2) is 0 Å². The molecule has 0 saturated heterocycles. The van der Waals surface area contributed by atoms with E-state index in [1.807, 2.05) is 6.92 Å². The first-order chi connectivity index (χ1) is 11.4. The number of carboxylic acid groups (broad SMARTS) is 1. The van der Waals surface area contributed by atoms with Gasteiger partial charge >= 0.3 is 5.97 Å². The third-order valence-electron chi connectivity index (χ3n) is 3.29. The summed E-state index contributed by atoms with van der Waals surface area (Å²) in [5.41, 5.74) is 0.0261. The summed E-state index contributed by atoms with van der Waals surface area (Å²) < 4.78 is 5.06. The van der Waals surface area contributed by atoms with Crippen molar-refractivity contribution < 1.29 is 24.4 Å². The molecule has 140 valence electrons. The molecule has 0 heterocycles. The number of halogens is 1. The van der Waals surface area contributed by atoms with Gasteiger partial charge in [-0.1, -0.05) is 13.3 Å². The number of nitrogens with one attached hydrogen (secondary N) is 2. The number of carbonyl (C=O) groups is 2. The zero-order chi connectivity index (χ0) is 18.1. The Morgan fingerprint density at radius 2 is 2.08 bits per heavy atom. The van der Waals surface area contributed by atoms with E-state index >= 15 is 0 Å². The summed E-state index contributed by atoms with van der Waals surface area (Å²) in [4.78, 5) is 33.2. The molecule has 1 rings (SSSR count). The van der Waals surface area contributed by atoms with Crippen LogP contribution in [0.25, 0.3) is 0 Å². The molecule has 9 nitrogen and oxygen atoms in total. The van der Waals surface area contributed by atoms with Crippen molar-refractivity contribution in [1.82, 2.24) is 5.32 Å². The Labute approximate surface area is 151 Å². The molecule has 0 bridgehead atoms. The number of carboxylic acids is 1. The molecule has 1 unspecified atom stereocenters. The smallest absolute Gasteiger partial charge is 0.320 e. The van der Waals surface area contributed by atoms with Gasteiger partial charge in [-0.3, -0.25) is 19.7 Å². The summed E-state index contributed by atoms with van der Waals surface area (Å²) in [5, 5.41) is 25.1. The number of amides is 1. The fourth-order valence-corrected chi connectivity index (χ4v) is 2.08. The fourth-order valence-electron chi connectivity index (χ4n) is 2.08. The van der Waals surface area contributed by atoms with E-state index in [0.717, 1.165) is 0 Å². The molecule has 3 N–H and O–H groups in total. The molecule has 0 aliphatic rings. The van der Waals surface area contributed by atoms with E-state index in [-0.39, 0.29) is 36.7 Å². The standard InChI is InChI=1S/C15H21N3O6.ClH/c1-3-4-11(15(20)21)16-8-7-14(19)17-12-9-10(18(22)23)5-6-13(12)24-2;/h5-6,9,11,16H,3-4,7-8H2,1-2H3,(H,17,19)(H,20,21);1H. The number of nitrogens with zero attached hydrogens (tertiary/aromatic N) is 1. The van der Waals surface area contributed by atoms with Crippen LogP contribution in [0.4, 0.5) is 11.4 Å². The number of ether oxygens (including phenoxy) is 1. The summed E-state index contributed by atoms with van der Waals surface area (Å²) in [5.74, 6) is -1.06. The molecule has 1 atom stereocenters. The molecular weight excluding hydrogens is 354 g/mol. The lowest BCUT2D eigenvalue weighted by Gasteiger charge is -2.14. The van der Waals surface area contributed by atoms with Gasteiger partial charge in [0.25, 0.3) is 5.69 Å². The van der Waals surface area contributed by atoms with E-state index in [0.29, 0.717) is 18.6 Å². The number of rotatable bonds is 10. The SMILES string of the molecule is CCCC(NCCC(=O)Nc1cc([N+](=O)[O-])ccc1OC)C(=O)O.Cl. The number of methoxy groups -OCH3 is 1. The zero-order valence-electron chi connectivity index (χ0n) is 14.0. The van der Waals surface area contributed by atoms with Crippen LogP contribution in [0.2, 0.25) is 0 Å². The molecule has 0 aliphatic carbocycles. The molecule has 0 radical (unpaired) electrons. The van der Waals surface area contributed by atoms with E-state index < -0.39 is 22.8 Å². The number of nitro benzene ring substituents is 1. The van der Waals surface area contributed by atoms with E-state index in [4.69, 9.17) is 9.84 Å². The zero-order valence-corrected chi connectivity index (χ0v) is 14.8. The first-order valence-corrected chi connectivity index (χ1v) is 7.47. The van der Waals surface area contributed by atoms with Crippen molar-refractivity contribution in [3.05, 3.63) is 28.3 Å². The van der Waals surface area contributed by atoms with Crippen molar-refractivity contribution in [3.8, 4) is 5.75 Å². The molecule has 0 fully saturated rings. The van der Waals surface area contributed by atoms with Crippen LogP contribution in [0.5, 0.6) is 5.75 Å². The Balaban J connectivity index is 0.00000576. The number of non-ortho nitro benzene ring substituents is 1. The highest BCUT2D eigenvalue weighted by Gasteiger charge is 2.17. The Hall–Kier alpha value is -2.39. The topological polar surface area (TPSA) is 131 Å². The van der Waals surface area contributed by atoms with Gasteiger partial charge < -0.3 is 20.5 Å². The van der Waals surface area contributed by atoms with E-state index in [1.165, 1.54) is 25.3 Å². The van der Waals surface area contributed by atoms with Crippen molar-refractivity contribution in [1.29, 1.82) is 0 Å². The number of carbonyl (C=O) groups excluding carboxylic acids is 1. The normalized spacial score (nSPS) is 11.1. The van der Waals surface area contributed by atoms with Crippen LogP contribution in [-0.4, -0.2) is 41.6 Å². The quantitative estimate of drug-likeness (QED) is 0.422. The van der Waals surface area contributed by atoms with Gasteiger partial charge in [-0.2, -0.15) is 0 Å². The molecule has 0 spiro atoms. The Morgan fingerprint density at radius 3 is 2.60 bits per heavy atom. The average molecular weight is 376 g/mol. The summed E-state index contributed by atoms with van der Waals surface area (Å²) in [7, 11) is 1.39. The summed E-state index contributed by atoms with van der Waals surface area (Å²) in [6.07, 6.45) is 1.20. The second-order valence-corrected chi connectivity index (χ2v) is 5.07. The van der Waals surface area contributed by atoms with Crippen LogP contribution in [0.1, 0.15) is 26.2 Å². The lowest BCUT2D eigenvalue weighted by molar-refractivity contribution is -0.384. The monoisotopic (exact) mass is 375 g/mol. The van der Waals surface area contributed by atoms with Crippen LogP contribution in [-0.2, 0) is 9.59 Å². The van der Waals surface area contributed by atoms with Gasteiger partial charge in [0.05, 0.1) is 17.7 Å². The molecule has 0 aromatic heterocycles. The number of nitro groups is 1. The Kier molecular flexibility index (Phi) is 10.1. The van der Waals surface area contributed by atoms with Gasteiger partial charge in [0, 0.05) is 25.1 Å². The number of aliphatic carboxylic acids is 1. The van der Waals surface area contributed by atoms with E-state index in [2.05, 4.69) is 10.6 Å². The molecule has 0 saturated carbocycles. The fraction of sp³-hybridized carbons (Fsp3) is 0.467. The van der Waals surface area contributed by atoms with Crippen LogP contribution < -0.4 is 15.4 Å². The predicted octanol–water partition coefficient (Wildman–Crippen LogP) is 2.20. The minimum Gasteiger partial charge on any atom is -0.495 e. The number of benzene rings is 1. The molecule has 25 heavy (non-hydrogen) atoms. The maximum absolute atomic E-state index is 11.9. The number of hydrogen-bond acceptors (Lipinski definition) is 6. The van der Waals surface area contributed by atoms with Gasteiger partial charge in [0.2, 0.25) is 5.91 Å². The predicted molar refractivity (Wildman–Crippen MR) is 94.5 cm³/mol. The minimum atomic E-state index is -0.961. The number of anilines is 1. The van der Waals surface area contributed by atoms with E-state index in [9.17, 15) is 19.7 Å². The van der Waals surface area contributed by atoms with Gasteiger partial charge in [-0.15, -0.1) is 12.4 Å². The largest absolute Gasteiger partial charge is 0.495 e. The second-order valence-electron chi connectivity index (χ2n) is 5.07. The highest BCUT2D eigenvalue weighted by molar-refractivity contribution is 5.92. The van der Waals surface area contributed by atoms with Gasteiger partial charge in [-0.25, -0.2) is 0 Å². The Morgan fingerprint density at radius 1 is 1.40 bits per heavy atom. The Bertz CT molecular complexity index is 611. The van der Waals surface area contributed by atoms with Crippen LogP contribution in [0, 0.1) is 10.1 Å². The highest BCUT2D eigenvalue weighted by atomic mass is 35.5. The van der Waals surface area contributed by atoms with Gasteiger partial charge in [-0.05, 0) is 12.5 Å². The average Bonchev–Trinajstić information content (AvgIpc) is 2.53. The second kappa shape index (κ2) is 11.2. The maximum atomic E-state index is 11.9. The van der Waals surface area contributed by atoms with Crippen molar-refractivity contribution in [2.75, 3.05) is 19.0 Å². The lowest BCUT2D eigenvalue weighted by Crippen LogP contribution is -2.38. The first kappa shape index (κ1) is 22.6. The summed E-state index contributed by atoms with van der Waals surface area (Å²) >= 11 is 0. The van der Waals surface area contributed by atoms with Crippen molar-refractivity contribution in [2.24, 2.45) is 0 Å². The number of hydrogen-bond donors (Lipinski definition) is 3. The third kappa shape index (κ3) is 7.36. The van der Waals surface area contributed by atoms with E-state index in [1.54, 1.807) is 0 Å². The van der Waals surface area contributed by atoms with Crippen LogP contribution >= 0.6 is 12.4 Å².